The Hall–Kier alpha value is -0.690. The molecule has 1 aromatic heterocycles. The lowest BCUT2D eigenvalue weighted by Gasteiger charge is -2.17. The third kappa shape index (κ3) is 3.56. The summed E-state index contributed by atoms with van der Waals surface area (Å²) in [6, 6.07) is 6.36. The molecule has 0 amide bonds. The van der Waals surface area contributed by atoms with Gasteiger partial charge in [-0.3, -0.25) is 16.0 Å². The number of benzene rings is 1. The number of halogens is 2. The Kier molecular flexibility index (Phi) is 5.60. The number of nitrogens with two attached hydrogens (primary N) is 1. The first kappa shape index (κ1) is 16.7. The van der Waals surface area contributed by atoms with E-state index in [1.165, 1.54) is 5.56 Å². The van der Waals surface area contributed by atoms with Gasteiger partial charge in [-0.25, -0.2) is 0 Å². The molecule has 3 N–H and O–H groups in total. The van der Waals surface area contributed by atoms with Crippen LogP contribution in [-0.4, -0.2) is 9.78 Å². The molecule has 21 heavy (non-hydrogen) atoms. The summed E-state index contributed by atoms with van der Waals surface area (Å²) in [5.41, 5.74) is 7.50. The van der Waals surface area contributed by atoms with E-state index in [0.717, 1.165) is 38.7 Å². The summed E-state index contributed by atoms with van der Waals surface area (Å²) >= 11 is 7.24. The molecule has 1 unspecified atom stereocenters. The number of aryl methyl sites for hydroxylation is 3. The molecule has 2 aromatic rings. The molecule has 0 aliphatic heterocycles. The minimum Gasteiger partial charge on any atom is -0.271 e. The van der Waals surface area contributed by atoms with Crippen molar-refractivity contribution in [3.8, 4) is 0 Å². The monoisotopic (exact) mass is 414 g/mol. The van der Waals surface area contributed by atoms with Crippen molar-refractivity contribution in [3.05, 3.63) is 49.7 Å². The van der Waals surface area contributed by atoms with Gasteiger partial charge in [0.05, 0.1) is 21.9 Å². The average Bonchev–Trinajstić information content (AvgIpc) is 2.74. The van der Waals surface area contributed by atoms with Crippen LogP contribution < -0.4 is 11.3 Å². The second kappa shape index (κ2) is 7.05. The third-order valence-corrected chi connectivity index (χ3v) is 5.47. The molecule has 0 saturated carbocycles. The van der Waals surface area contributed by atoms with Gasteiger partial charge in [0.1, 0.15) is 0 Å². The molecular weight excluding hydrogens is 396 g/mol. The van der Waals surface area contributed by atoms with Gasteiger partial charge in [0.15, 0.2) is 0 Å². The Morgan fingerprint density at radius 2 is 2.10 bits per heavy atom. The largest absolute Gasteiger partial charge is 0.271 e. The smallest absolute Gasteiger partial charge is 0.0766 e. The molecule has 0 aliphatic carbocycles. The summed E-state index contributed by atoms with van der Waals surface area (Å²) in [4.78, 5) is 0. The first-order valence-corrected chi connectivity index (χ1v) is 8.48. The molecule has 1 heterocycles. The summed E-state index contributed by atoms with van der Waals surface area (Å²) in [6.07, 6.45) is 1.68. The van der Waals surface area contributed by atoms with E-state index in [0.29, 0.717) is 0 Å². The molecule has 1 aromatic carbocycles. The van der Waals surface area contributed by atoms with E-state index in [2.05, 4.69) is 74.4 Å². The third-order valence-electron chi connectivity index (χ3n) is 3.70. The number of hydrogen-bond acceptors (Lipinski definition) is 3. The lowest BCUT2D eigenvalue weighted by molar-refractivity contribution is 0.528. The molecule has 0 bridgehead atoms. The van der Waals surface area contributed by atoms with Crippen LogP contribution in [0.25, 0.3) is 0 Å². The van der Waals surface area contributed by atoms with Gasteiger partial charge in [-0.1, -0.05) is 35.0 Å². The van der Waals surface area contributed by atoms with Gasteiger partial charge in [0, 0.05) is 17.9 Å². The minimum absolute atomic E-state index is 0.0401. The number of nitrogens with zero attached hydrogens (tertiary/aromatic N) is 2. The Labute approximate surface area is 142 Å². The topological polar surface area (TPSA) is 55.9 Å². The Bertz CT molecular complexity index is 637. The zero-order chi connectivity index (χ0) is 15.6. The highest BCUT2D eigenvalue weighted by Gasteiger charge is 2.18. The van der Waals surface area contributed by atoms with Gasteiger partial charge in [-0.15, -0.1) is 0 Å². The summed E-state index contributed by atoms with van der Waals surface area (Å²) in [7, 11) is 1.97. The standard InChI is InChI=1S/C15H20Br2N4/c1-4-12-15(17)14(21(3)20-12)8-13(19-18)10-6-5-9(2)11(16)7-10/h5-7,13,19H,4,8,18H2,1-3H3. The van der Waals surface area contributed by atoms with Gasteiger partial charge in [0.2, 0.25) is 0 Å². The van der Waals surface area contributed by atoms with E-state index in [1.807, 2.05) is 11.7 Å². The SMILES string of the molecule is CCc1nn(C)c(CC(NN)c2ccc(C)c(Br)c2)c1Br. The van der Waals surface area contributed by atoms with E-state index in [-0.39, 0.29) is 6.04 Å². The molecule has 1 atom stereocenters. The molecule has 0 aliphatic rings. The second-order valence-corrected chi connectivity index (χ2v) is 6.76. The fourth-order valence-corrected chi connectivity index (χ4v) is 3.51. The van der Waals surface area contributed by atoms with Crippen molar-refractivity contribution in [1.82, 2.24) is 15.2 Å². The average molecular weight is 416 g/mol. The Morgan fingerprint density at radius 1 is 1.38 bits per heavy atom. The van der Waals surface area contributed by atoms with E-state index in [4.69, 9.17) is 5.84 Å². The Morgan fingerprint density at radius 3 is 2.62 bits per heavy atom. The molecule has 0 fully saturated rings. The van der Waals surface area contributed by atoms with Crippen molar-refractivity contribution in [2.24, 2.45) is 12.9 Å². The van der Waals surface area contributed by atoms with Crippen molar-refractivity contribution in [3.63, 3.8) is 0 Å². The molecule has 0 saturated heterocycles. The number of aromatic nitrogens is 2. The van der Waals surface area contributed by atoms with Crippen LogP contribution in [0.2, 0.25) is 0 Å². The molecule has 114 valence electrons. The lowest BCUT2D eigenvalue weighted by atomic mass is 10.0. The van der Waals surface area contributed by atoms with Crippen LogP contribution in [0.5, 0.6) is 0 Å². The van der Waals surface area contributed by atoms with E-state index >= 15 is 0 Å². The minimum atomic E-state index is 0.0401. The van der Waals surface area contributed by atoms with Crippen LogP contribution in [0.1, 0.15) is 35.5 Å². The first-order valence-electron chi connectivity index (χ1n) is 6.90. The molecule has 0 radical (unpaired) electrons. The van der Waals surface area contributed by atoms with E-state index < -0.39 is 0 Å². The van der Waals surface area contributed by atoms with Gasteiger partial charge in [-0.05, 0) is 46.5 Å². The predicted molar refractivity (Wildman–Crippen MR) is 92.9 cm³/mol. The van der Waals surface area contributed by atoms with Crippen molar-refractivity contribution in [2.75, 3.05) is 0 Å². The zero-order valence-corrected chi connectivity index (χ0v) is 15.6. The van der Waals surface area contributed by atoms with Crippen LogP contribution >= 0.6 is 31.9 Å². The number of rotatable bonds is 5. The van der Waals surface area contributed by atoms with Crippen LogP contribution in [0.3, 0.4) is 0 Å². The highest BCUT2D eigenvalue weighted by Crippen LogP contribution is 2.28. The highest BCUT2D eigenvalue weighted by molar-refractivity contribution is 9.10. The fraction of sp³-hybridized carbons (Fsp3) is 0.400. The van der Waals surface area contributed by atoms with E-state index in [1.54, 1.807) is 0 Å². The van der Waals surface area contributed by atoms with Crippen LogP contribution in [0.15, 0.2) is 27.1 Å². The van der Waals surface area contributed by atoms with Gasteiger partial charge in [0.25, 0.3) is 0 Å². The van der Waals surface area contributed by atoms with Crippen LogP contribution in [-0.2, 0) is 19.9 Å². The maximum absolute atomic E-state index is 5.77. The highest BCUT2D eigenvalue weighted by atomic mass is 79.9. The zero-order valence-electron chi connectivity index (χ0n) is 12.5. The molecule has 6 heteroatoms. The van der Waals surface area contributed by atoms with Crippen molar-refractivity contribution < 1.29 is 0 Å². The van der Waals surface area contributed by atoms with Crippen molar-refractivity contribution in [1.29, 1.82) is 0 Å². The van der Waals surface area contributed by atoms with Crippen LogP contribution in [0.4, 0.5) is 0 Å². The fourth-order valence-electron chi connectivity index (χ4n) is 2.33. The van der Waals surface area contributed by atoms with Gasteiger partial charge < -0.3 is 0 Å². The normalized spacial score (nSPS) is 12.7. The Balaban J connectivity index is 2.31. The summed E-state index contributed by atoms with van der Waals surface area (Å²) < 4.78 is 4.11. The molecule has 4 nitrogen and oxygen atoms in total. The number of nitrogens with one attached hydrogen (secondary N) is 1. The van der Waals surface area contributed by atoms with Crippen molar-refractivity contribution in [2.45, 2.75) is 32.7 Å². The maximum atomic E-state index is 5.77. The number of hydrogen-bond donors (Lipinski definition) is 2. The predicted octanol–water partition coefficient (Wildman–Crippen LogP) is 3.56. The molecule has 2 rings (SSSR count). The van der Waals surface area contributed by atoms with E-state index in [9.17, 15) is 0 Å². The molecule has 0 spiro atoms. The maximum Gasteiger partial charge on any atom is 0.0766 e. The second-order valence-electron chi connectivity index (χ2n) is 5.12. The first-order chi connectivity index (χ1) is 9.97. The van der Waals surface area contributed by atoms with Gasteiger partial charge >= 0.3 is 0 Å². The molecular formula is C15H20Br2N4. The van der Waals surface area contributed by atoms with Gasteiger partial charge in [-0.2, -0.15) is 5.10 Å². The summed E-state index contributed by atoms with van der Waals surface area (Å²) in [5, 5.41) is 4.53. The van der Waals surface area contributed by atoms with Crippen molar-refractivity contribution >= 4 is 31.9 Å². The summed E-state index contributed by atoms with van der Waals surface area (Å²) in [6.45, 7) is 4.18. The quantitative estimate of drug-likeness (QED) is 0.579. The lowest BCUT2D eigenvalue weighted by Crippen LogP contribution is -2.30. The summed E-state index contributed by atoms with van der Waals surface area (Å²) in [5.74, 6) is 5.77. The van der Waals surface area contributed by atoms with Crippen LogP contribution in [0, 0.1) is 6.92 Å². The number of hydrazine groups is 1.